The molecule has 0 aliphatic rings. The van der Waals surface area contributed by atoms with E-state index in [1.165, 1.54) is 25.1 Å². The molecule has 0 aromatic heterocycles. The van der Waals surface area contributed by atoms with Gasteiger partial charge in [0.15, 0.2) is 11.5 Å². The fraction of sp³-hybridized carbons (Fsp3) is 0.364. The van der Waals surface area contributed by atoms with Gasteiger partial charge in [0.2, 0.25) is 0 Å². The number of ketones is 1. The van der Waals surface area contributed by atoms with E-state index in [9.17, 15) is 14.9 Å². The van der Waals surface area contributed by atoms with Gasteiger partial charge in [-0.25, -0.2) is 0 Å². The molecule has 0 aliphatic heterocycles. The quantitative estimate of drug-likeness (QED) is 0.447. The van der Waals surface area contributed by atoms with Crippen molar-refractivity contribution in [3.63, 3.8) is 0 Å². The van der Waals surface area contributed by atoms with Gasteiger partial charge in [-0.05, 0) is 32.9 Å². The molecule has 0 amide bonds. The van der Waals surface area contributed by atoms with Crippen molar-refractivity contribution in [2.75, 3.05) is 0 Å². The van der Waals surface area contributed by atoms with Crippen LogP contribution in [-0.4, -0.2) is 16.8 Å². The van der Waals surface area contributed by atoms with Crippen molar-refractivity contribution in [3.05, 3.63) is 33.9 Å². The number of rotatable bonds is 4. The summed E-state index contributed by atoms with van der Waals surface area (Å²) in [7, 11) is 0. The van der Waals surface area contributed by atoms with Crippen LogP contribution in [0, 0.1) is 10.1 Å². The van der Waals surface area contributed by atoms with Gasteiger partial charge in [0, 0.05) is 11.6 Å². The van der Waals surface area contributed by atoms with Crippen molar-refractivity contribution < 1.29 is 14.5 Å². The van der Waals surface area contributed by atoms with Gasteiger partial charge in [-0.3, -0.25) is 14.9 Å². The first-order valence-electron chi connectivity index (χ1n) is 4.88. The highest BCUT2D eigenvalue weighted by molar-refractivity contribution is 5.95. The second-order valence-electron chi connectivity index (χ2n) is 3.66. The summed E-state index contributed by atoms with van der Waals surface area (Å²) in [6.45, 7) is 4.92. The highest BCUT2D eigenvalue weighted by Crippen LogP contribution is 2.28. The van der Waals surface area contributed by atoms with Crippen molar-refractivity contribution in [3.8, 4) is 5.75 Å². The number of nitro benzene ring substituents is 1. The Morgan fingerprint density at radius 1 is 1.44 bits per heavy atom. The molecule has 0 aliphatic carbocycles. The SMILES string of the molecule is CC(=O)c1ccc(OC(C)C)c([N+](=O)[O-])c1. The maximum Gasteiger partial charge on any atom is 0.311 e. The highest BCUT2D eigenvalue weighted by Gasteiger charge is 2.18. The molecule has 0 unspecified atom stereocenters. The molecule has 5 nitrogen and oxygen atoms in total. The van der Waals surface area contributed by atoms with Crippen LogP contribution in [0.25, 0.3) is 0 Å². The molecule has 0 spiro atoms. The predicted octanol–water partition coefficient (Wildman–Crippen LogP) is 2.58. The van der Waals surface area contributed by atoms with Gasteiger partial charge in [0.25, 0.3) is 0 Å². The van der Waals surface area contributed by atoms with Crippen LogP contribution in [0.3, 0.4) is 0 Å². The maximum atomic E-state index is 11.1. The number of nitrogens with zero attached hydrogens (tertiary/aromatic N) is 1. The van der Waals surface area contributed by atoms with E-state index in [1.807, 2.05) is 0 Å². The minimum atomic E-state index is -0.551. The molecule has 0 saturated carbocycles. The van der Waals surface area contributed by atoms with Gasteiger partial charge in [0.1, 0.15) is 0 Å². The molecule has 1 aromatic rings. The van der Waals surface area contributed by atoms with Crippen LogP contribution in [0.5, 0.6) is 5.75 Å². The van der Waals surface area contributed by atoms with Crippen LogP contribution in [0.4, 0.5) is 5.69 Å². The first-order valence-corrected chi connectivity index (χ1v) is 4.88. The monoisotopic (exact) mass is 223 g/mol. The molecule has 5 heteroatoms. The van der Waals surface area contributed by atoms with E-state index >= 15 is 0 Å². The minimum absolute atomic E-state index is 0.151. The van der Waals surface area contributed by atoms with Crippen LogP contribution in [-0.2, 0) is 0 Å². The topological polar surface area (TPSA) is 69.4 Å². The first kappa shape index (κ1) is 12.2. The number of ether oxygens (including phenoxy) is 1. The fourth-order valence-electron chi connectivity index (χ4n) is 1.23. The number of carbonyl (C=O) groups is 1. The van der Waals surface area contributed by atoms with E-state index in [0.717, 1.165) is 0 Å². The van der Waals surface area contributed by atoms with Crippen molar-refractivity contribution in [2.24, 2.45) is 0 Å². The van der Waals surface area contributed by atoms with Gasteiger partial charge >= 0.3 is 5.69 Å². The van der Waals surface area contributed by atoms with Gasteiger partial charge in [-0.2, -0.15) is 0 Å². The number of carbonyl (C=O) groups excluding carboxylic acids is 1. The van der Waals surface area contributed by atoms with Crippen LogP contribution in [0.2, 0.25) is 0 Å². The maximum absolute atomic E-state index is 11.1. The van der Waals surface area contributed by atoms with Gasteiger partial charge in [-0.15, -0.1) is 0 Å². The molecular formula is C11H13NO4. The average molecular weight is 223 g/mol. The standard InChI is InChI=1S/C11H13NO4/c1-7(2)16-11-5-4-9(8(3)13)6-10(11)12(14)15/h4-7H,1-3H3. The molecule has 0 fully saturated rings. The smallest absolute Gasteiger partial charge is 0.311 e. The van der Waals surface area contributed by atoms with E-state index in [2.05, 4.69) is 0 Å². The lowest BCUT2D eigenvalue weighted by molar-refractivity contribution is -0.386. The Bertz CT molecular complexity index is 426. The molecule has 86 valence electrons. The first-order chi connectivity index (χ1) is 7.41. The second-order valence-corrected chi connectivity index (χ2v) is 3.66. The molecule has 16 heavy (non-hydrogen) atoms. The van der Waals surface area contributed by atoms with Gasteiger partial charge in [-0.1, -0.05) is 0 Å². The lowest BCUT2D eigenvalue weighted by Gasteiger charge is -2.10. The summed E-state index contributed by atoms with van der Waals surface area (Å²) in [5.41, 5.74) is 0.129. The van der Waals surface area contributed by atoms with E-state index < -0.39 is 4.92 Å². The molecule has 0 saturated heterocycles. The Morgan fingerprint density at radius 2 is 2.06 bits per heavy atom. The Hall–Kier alpha value is -1.91. The molecule has 0 bridgehead atoms. The zero-order valence-electron chi connectivity index (χ0n) is 9.39. The summed E-state index contributed by atoms with van der Waals surface area (Å²) in [6, 6.07) is 4.21. The van der Waals surface area contributed by atoms with E-state index in [1.54, 1.807) is 13.8 Å². The summed E-state index contributed by atoms with van der Waals surface area (Å²) < 4.78 is 5.29. The summed E-state index contributed by atoms with van der Waals surface area (Å²) in [5, 5.41) is 10.8. The fourth-order valence-corrected chi connectivity index (χ4v) is 1.23. The van der Waals surface area contributed by atoms with Crippen molar-refractivity contribution in [2.45, 2.75) is 26.9 Å². The van der Waals surface area contributed by atoms with E-state index in [0.29, 0.717) is 5.56 Å². The molecule has 0 radical (unpaired) electrons. The molecule has 1 rings (SSSR count). The molecule has 1 aromatic carbocycles. The Balaban J connectivity index is 3.19. The normalized spacial score (nSPS) is 10.2. The number of benzene rings is 1. The van der Waals surface area contributed by atoms with Crippen LogP contribution in [0.1, 0.15) is 31.1 Å². The van der Waals surface area contributed by atoms with Crippen molar-refractivity contribution in [1.82, 2.24) is 0 Å². The molecule has 0 heterocycles. The van der Waals surface area contributed by atoms with Crippen LogP contribution < -0.4 is 4.74 Å². The van der Waals surface area contributed by atoms with Crippen molar-refractivity contribution in [1.29, 1.82) is 0 Å². The van der Waals surface area contributed by atoms with Crippen LogP contribution >= 0.6 is 0 Å². The number of nitro groups is 1. The second kappa shape index (κ2) is 4.74. The number of hydrogen-bond donors (Lipinski definition) is 0. The number of Topliss-reactive ketones (excluding diaryl/α,β-unsaturated/α-hetero) is 1. The van der Waals surface area contributed by atoms with E-state index in [-0.39, 0.29) is 23.3 Å². The third-order valence-electron chi connectivity index (χ3n) is 1.92. The molecular weight excluding hydrogens is 210 g/mol. The van der Waals surface area contributed by atoms with Crippen molar-refractivity contribution >= 4 is 11.5 Å². The lowest BCUT2D eigenvalue weighted by atomic mass is 10.1. The Kier molecular flexibility index (Phi) is 3.60. The van der Waals surface area contributed by atoms with E-state index in [4.69, 9.17) is 4.74 Å². The molecule has 0 N–H and O–H groups in total. The zero-order chi connectivity index (χ0) is 12.3. The Morgan fingerprint density at radius 3 is 2.50 bits per heavy atom. The predicted molar refractivity (Wildman–Crippen MR) is 58.9 cm³/mol. The average Bonchev–Trinajstić information content (AvgIpc) is 2.16. The highest BCUT2D eigenvalue weighted by atomic mass is 16.6. The van der Waals surface area contributed by atoms with Gasteiger partial charge in [0.05, 0.1) is 11.0 Å². The summed E-state index contributed by atoms with van der Waals surface area (Å²) >= 11 is 0. The summed E-state index contributed by atoms with van der Waals surface area (Å²) in [6.07, 6.45) is -0.151. The largest absolute Gasteiger partial charge is 0.484 e. The third-order valence-corrected chi connectivity index (χ3v) is 1.92. The Labute approximate surface area is 93.2 Å². The van der Waals surface area contributed by atoms with Crippen LogP contribution in [0.15, 0.2) is 18.2 Å². The third kappa shape index (κ3) is 2.79. The molecule has 0 atom stereocenters. The summed E-state index contributed by atoms with van der Waals surface area (Å²) in [4.78, 5) is 21.3. The number of hydrogen-bond acceptors (Lipinski definition) is 4. The zero-order valence-corrected chi connectivity index (χ0v) is 9.39. The minimum Gasteiger partial charge on any atom is -0.484 e. The van der Waals surface area contributed by atoms with Gasteiger partial charge < -0.3 is 4.74 Å². The lowest BCUT2D eigenvalue weighted by Crippen LogP contribution is -2.08. The summed E-state index contributed by atoms with van der Waals surface area (Å²) in [5.74, 6) is -0.0239.